The molecular weight excluding hydrogens is 328 g/mol. The number of amides is 1. The highest BCUT2D eigenvalue weighted by Gasteiger charge is 2.30. The standard InChI is InChI=1S/C20H20N4O2/c1-15-19(13-22-24(15)16-5-3-2-4-6-16)20(25)23-12-9-18(14-23)26-17-7-10-21-11-8-17/h2-8,10-11,13,18H,9,12,14H2,1H3/t18-/m0/s1. The van der Waals surface area contributed by atoms with Gasteiger partial charge in [0.1, 0.15) is 11.9 Å². The Morgan fingerprint density at radius 2 is 1.92 bits per heavy atom. The number of carbonyl (C=O) groups is 1. The van der Waals surface area contributed by atoms with Crippen LogP contribution in [0.1, 0.15) is 22.5 Å². The topological polar surface area (TPSA) is 60.3 Å². The Bertz CT molecular complexity index is 893. The Balaban J connectivity index is 1.46. The third-order valence-corrected chi connectivity index (χ3v) is 4.63. The minimum Gasteiger partial charge on any atom is -0.488 e. The lowest BCUT2D eigenvalue weighted by atomic mass is 10.2. The summed E-state index contributed by atoms with van der Waals surface area (Å²) in [5.41, 5.74) is 2.43. The van der Waals surface area contributed by atoms with Crippen molar-refractivity contribution in [3.63, 3.8) is 0 Å². The summed E-state index contributed by atoms with van der Waals surface area (Å²) in [6.07, 6.45) is 5.89. The Hall–Kier alpha value is -3.15. The van der Waals surface area contributed by atoms with E-state index in [0.717, 1.165) is 23.6 Å². The van der Waals surface area contributed by atoms with Crippen LogP contribution in [0.5, 0.6) is 5.75 Å². The maximum Gasteiger partial charge on any atom is 0.257 e. The van der Waals surface area contributed by atoms with E-state index in [4.69, 9.17) is 4.74 Å². The number of carbonyl (C=O) groups excluding carboxylic acids is 1. The van der Waals surface area contributed by atoms with Gasteiger partial charge in [0, 0.05) is 25.4 Å². The second-order valence-electron chi connectivity index (χ2n) is 6.35. The monoisotopic (exact) mass is 348 g/mol. The van der Waals surface area contributed by atoms with Crippen LogP contribution < -0.4 is 4.74 Å². The van der Waals surface area contributed by atoms with Crippen LogP contribution in [0.2, 0.25) is 0 Å². The van der Waals surface area contributed by atoms with Crippen molar-refractivity contribution in [3.05, 3.63) is 72.3 Å². The van der Waals surface area contributed by atoms with Gasteiger partial charge < -0.3 is 9.64 Å². The molecule has 0 aliphatic carbocycles. The maximum atomic E-state index is 12.9. The summed E-state index contributed by atoms with van der Waals surface area (Å²) in [6, 6.07) is 13.5. The molecule has 4 rings (SSSR count). The first kappa shape index (κ1) is 16.3. The molecule has 0 spiro atoms. The number of benzene rings is 1. The Morgan fingerprint density at radius 1 is 1.15 bits per heavy atom. The first-order valence-corrected chi connectivity index (χ1v) is 8.68. The molecule has 1 saturated heterocycles. The first-order valence-electron chi connectivity index (χ1n) is 8.68. The van der Waals surface area contributed by atoms with Crippen LogP contribution >= 0.6 is 0 Å². The van der Waals surface area contributed by atoms with E-state index < -0.39 is 0 Å². The second kappa shape index (κ2) is 7.00. The van der Waals surface area contributed by atoms with E-state index in [0.29, 0.717) is 18.7 Å². The van der Waals surface area contributed by atoms with Crippen LogP contribution in [0.25, 0.3) is 5.69 Å². The highest BCUT2D eigenvalue weighted by molar-refractivity contribution is 5.95. The normalized spacial score (nSPS) is 16.7. The molecule has 0 unspecified atom stereocenters. The number of hydrogen-bond acceptors (Lipinski definition) is 4. The molecule has 26 heavy (non-hydrogen) atoms. The van der Waals surface area contributed by atoms with Crippen molar-refractivity contribution in [2.24, 2.45) is 0 Å². The van der Waals surface area contributed by atoms with E-state index in [1.54, 1.807) is 23.3 Å². The van der Waals surface area contributed by atoms with Crippen molar-refractivity contribution in [2.45, 2.75) is 19.4 Å². The molecule has 2 aromatic heterocycles. The minimum atomic E-state index is 0.00510. The van der Waals surface area contributed by atoms with Gasteiger partial charge in [-0.2, -0.15) is 5.10 Å². The van der Waals surface area contributed by atoms with Gasteiger partial charge in [-0.05, 0) is 31.2 Å². The van der Waals surface area contributed by atoms with E-state index in [1.807, 2.05) is 54.3 Å². The fourth-order valence-corrected chi connectivity index (χ4v) is 3.24. The molecule has 132 valence electrons. The molecule has 0 radical (unpaired) electrons. The largest absolute Gasteiger partial charge is 0.488 e. The van der Waals surface area contributed by atoms with Crippen molar-refractivity contribution in [3.8, 4) is 11.4 Å². The highest BCUT2D eigenvalue weighted by atomic mass is 16.5. The molecule has 1 atom stereocenters. The zero-order valence-corrected chi connectivity index (χ0v) is 14.6. The average molecular weight is 348 g/mol. The predicted molar refractivity (Wildman–Crippen MR) is 97.5 cm³/mol. The van der Waals surface area contributed by atoms with Gasteiger partial charge in [0.15, 0.2) is 0 Å². The number of nitrogens with zero attached hydrogens (tertiary/aromatic N) is 4. The summed E-state index contributed by atoms with van der Waals surface area (Å²) in [5, 5.41) is 4.40. The van der Waals surface area contributed by atoms with Gasteiger partial charge in [-0.3, -0.25) is 9.78 Å². The average Bonchev–Trinajstić information content (AvgIpc) is 3.30. The van der Waals surface area contributed by atoms with Crippen molar-refractivity contribution in [2.75, 3.05) is 13.1 Å². The van der Waals surface area contributed by atoms with Crippen LogP contribution in [0.4, 0.5) is 0 Å². The van der Waals surface area contributed by atoms with Gasteiger partial charge in [0.05, 0.1) is 29.7 Å². The molecule has 0 saturated carbocycles. The van der Waals surface area contributed by atoms with Gasteiger partial charge >= 0.3 is 0 Å². The van der Waals surface area contributed by atoms with Crippen molar-refractivity contribution in [1.29, 1.82) is 0 Å². The van der Waals surface area contributed by atoms with E-state index in [1.165, 1.54) is 0 Å². The van der Waals surface area contributed by atoms with E-state index in [-0.39, 0.29) is 12.0 Å². The summed E-state index contributed by atoms with van der Waals surface area (Å²) in [4.78, 5) is 18.7. The molecule has 1 fully saturated rings. The van der Waals surface area contributed by atoms with Crippen LogP contribution in [0.15, 0.2) is 61.1 Å². The Kier molecular flexibility index (Phi) is 4.39. The minimum absolute atomic E-state index is 0.00510. The molecule has 3 heterocycles. The molecule has 0 bridgehead atoms. The van der Waals surface area contributed by atoms with Gasteiger partial charge in [-0.25, -0.2) is 4.68 Å². The Labute approximate surface area is 152 Å². The molecular formula is C20H20N4O2. The zero-order chi connectivity index (χ0) is 17.9. The van der Waals surface area contributed by atoms with Crippen molar-refractivity contribution in [1.82, 2.24) is 19.7 Å². The van der Waals surface area contributed by atoms with E-state index in [2.05, 4.69) is 10.1 Å². The van der Waals surface area contributed by atoms with Crippen LogP contribution in [0, 0.1) is 6.92 Å². The number of ether oxygens (including phenoxy) is 1. The molecule has 1 aromatic carbocycles. The SMILES string of the molecule is Cc1c(C(=O)N2CC[C@H](Oc3ccncc3)C2)cnn1-c1ccccc1. The highest BCUT2D eigenvalue weighted by Crippen LogP contribution is 2.21. The molecule has 1 amide bonds. The van der Waals surface area contributed by atoms with E-state index in [9.17, 15) is 4.79 Å². The van der Waals surface area contributed by atoms with Crippen LogP contribution in [-0.4, -0.2) is 44.8 Å². The second-order valence-corrected chi connectivity index (χ2v) is 6.35. The fraction of sp³-hybridized carbons (Fsp3) is 0.250. The number of para-hydroxylation sites is 1. The van der Waals surface area contributed by atoms with E-state index >= 15 is 0 Å². The number of likely N-dealkylation sites (tertiary alicyclic amines) is 1. The van der Waals surface area contributed by atoms with Crippen molar-refractivity contribution >= 4 is 5.91 Å². The molecule has 6 nitrogen and oxygen atoms in total. The lowest BCUT2D eigenvalue weighted by molar-refractivity contribution is 0.0771. The van der Waals surface area contributed by atoms with Gasteiger partial charge in [0.25, 0.3) is 5.91 Å². The van der Waals surface area contributed by atoms with Crippen LogP contribution in [0.3, 0.4) is 0 Å². The summed E-state index contributed by atoms with van der Waals surface area (Å²) < 4.78 is 7.74. The predicted octanol–water partition coefficient (Wildman–Crippen LogP) is 2.87. The molecule has 6 heteroatoms. The fourth-order valence-electron chi connectivity index (χ4n) is 3.24. The maximum absolute atomic E-state index is 12.9. The first-order chi connectivity index (χ1) is 12.7. The van der Waals surface area contributed by atoms with Crippen molar-refractivity contribution < 1.29 is 9.53 Å². The number of rotatable bonds is 4. The lowest BCUT2D eigenvalue weighted by Crippen LogP contribution is -2.31. The summed E-state index contributed by atoms with van der Waals surface area (Å²) in [5.74, 6) is 0.790. The lowest BCUT2D eigenvalue weighted by Gasteiger charge is -2.17. The quantitative estimate of drug-likeness (QED) is 0.727. The van der Waals surface area contributed by atoms with Crippen LogP contribution in [-0.2, 0) is 0 Å². The summed E-state index contributed by atoms with van der Waals surface area (Å²) in [6.45, 7) is 3.19. The van der Waals surface area contributed by atoms with Gasteiger partial charge in [0.2, 0.25) is 0 Å². The Morgan fingerprint density at radius 3 is 2.69 bits per heavy atom. The third-order valence-electron chi connectivity index (χ3n) is 4.63. The zero-order valence-electron chi connectivity index (χ0n) is 14.6. The van der Waals surface area contributed by atoms with Gasteiger partial charge in [-0.15, -0.1) is 0 Å². The summed E-state index contributed by atoms with van der Waals surface area (Å²) >= 11 is 0. The molecule has 1 aliphatic heterocycles. The molecule has 1 aliphatic rings. The smallest absolute Gasteiger partial charge is 0.257 e. The molecule has 3 aromatic rings. The summed E-state index contributed by atoms with van der Waals surface area (Å²) in [7, 11) is 0. The number of hydrogen-bond donors (Lipinski definition) is 0. The number of pyridine rings is 1. The van der Waals surface area contributed by atoms with Gasteiger partial charge in [-0.1, -0.05) is 18.2 Å². The number of aromatic nitrogens is 3. The third kappa shape index (κ3) is 3.18. The molecule has 0 N–H and O–H groups in total.